The SMILES string of the molecule is CCCCCCCCc1c(C)nn(C(=O)C2CC(=O)N(Cc3ccco3)C2)c1C. The van der Waals surface area contributed by atoms with E-state index in [1.165, 1.54) is 42.3 Å². The Morgan fingerprint density at radius 3 is 2.69 bits per heavy atom. The summed E-state index contributed by atoms with van der Waals surface area (Å²) < 4.78 is 6.87. The van der Waals surface area contributed by atoms with Crippen molar-refractivity contribution in [3.63, 3.8) is 0 Å². The highest BCUT2D eigenvalue weighted by Gasteiger charge is 2.36. The molecule has 0 radical (unpaired) electrons. The highest BCUT2D eigenvalue weighted by Crippen LogP contribution is 2.24. The number of aromatic nitrogens is 2. The highest BCUT2D eigenvalue weighted by molar-refractivity contribution is 5.90. The summed E-state index contributed by atoms with van der Waals surface area (Å²) in [6, 6.07) is 3.65. The molecule has 158 valence electrons. The lowest BCUT2D eigenvalue weighted by atomic mass is 10.0. The van der Waals surface area contributed by atoms with E-state index in [4.69, 9.17) is 4.42 Å². The van der Waals surface area contributed by atoms with E-state index < -0.39 is 0 Å². The number of rotatable bonds is 10. The molecule has 1 fully saturated rings. The van der Waals surface area contributed by atoms with Gasteiger partial charge in [0, 0.05) is 18.7 Å². The minimum atomic E-state index is -0.350. The van der Waals surface area contributed by atoms with Gasteiger partial charge in [0.2, 0.25) is 5.91 Å². The molecule has 1 atom stereocenters. The number of aryl methyl sites for hydroxylation is 1. The van der Waals surface area contributed by atoms with Gasteiger partial charge in [-0.05, 0) is 44.4 Å². The van der Waals surface area contributed by atoms with Gasteiger partial charge in [-0.25, -0.2) is 4.68 Å². The van der Waals surface area contributed by atoms with Crippen molar-refractivity contribution in [2.45, 2.75) is 78.7 Å². The molecule has 1 aliphatic heterocycles. The zero-order valence-electron chi connectivity index (χ0n) is 17.9. The van der Waals surface area contributed by atoms with E-state index in [2.05, 4.69) is 12.0 Å². The first kappa shape index (κ1) is 21.3. The van der Waals surface area contributed by atoms with Gasteiger partial charge < -0.3 is 9.32 Å². The highest BCUT2D eigenvalue weighted by atomic mass is 16.3. The van der Waals surface area contributed by atoms with Gasteiger partial charge >= 0.3 is 0 Å². The third-order valence-electron chi connectivity index (χ3n) is 5.92. The molecule has 0 N–H and O–H groups in total. The summed E-state index contributed by atoms with van der Waals surface area (Å²) in [4.78, 5) is 27.1. The fourth-order valence-electron chi connectivity index (χ4n) is 4.19. The van der Waals surface area contributed by atoms with Crippen molar-refractivity contribution < 1.29 is 14.0 Å². The number of furan rings is 1. The van der Waals surface area contributed by atoms with Crippen LogP contribution in [0.3, 0.4) is 0 Å². The Morgan fingerprint density at radius 1 is 1.21 bits per heavy atom. The Balaban J connectivity index is 1.59. The number of nitrogens with zero attached hydrogens (tertiary/aromatic N) is 3. The summed E-state index contributed by atoms with van der Waals surface area (Å²) in [5, 5.41) is 4.53. The van der Waals surface area contributed by atoms with Crippen LogP contribution in [-0.2, 0) is 17.8 Å². The number of hydrogen-bond acceptors (Lipinski definition) is 4. The lowest BCUT2D eigenvalue weighted by molar-refractivity contribution is -0.128. The summed E-state index contributed by atoms with van der Waals surface area (Å²) in [6.07, 6.45) is 10.3. The molecule has 3 heterocycles. The van der Waals surface area contributed by atoms with E-state index in [1.54, 1.807) is 17.2 Å². The normalized spacial score (nSPS) is 16.7. The summed E-state index contributed by atoms with van der Waals surface area (Å²) in [6.45, 7) is 7.01. The number of hydrogen-bond donors (Lipinski definition) is 0. The maximum Gasteiger partial charge on any atom is 0.252 e. The van der Waals surface area contributed by atoms with Crippen LogP contribution in [-0.4, -0.2) is 33.0 Å². The molecule has 0 aromatic carbocycles. The smallest absolute Gasteiger partial charge is 0.252 e. The van der Waals surface area contributed by atoms with Crippen molar-refractivity contribution in [2.75, 3.05) is 6.54 Å². The third kappa shape index (κ3) is 5.17. The minimum Gasteiger partial charge on any atom is -0.467 e. The van der Waals surface area contributed by atoms with Gasteiger partial charge in [-0.1, -0.05) is 39.0 Å². The molecule has 0 bridgehead atoms. The van der Waals surface area contributed by atoms with Gasteiger partial charge in [0.25, 0.3) is 5.91 Å². The van der Waals surface area contributed by atoms with E-state index in [9.17, 15) is 9.59 Å². The average Bonchev–Trinajstić information content (AvgIpc) is 3.40. The largest absolute Gasteiger partial charge is 0.467 e. The van der Waals surface area contributed by atoms with Gasteiger partial charge in [-0.2, -0.15) is 5.10 Å². The molecule has 6 heteroatoms. The fourth-order valence-corrected chi connectivity index (χ4v) is 4.19. The zero-order chi connectivity index (χ0) is 20.8. The number of carbonyl (C=O) groups is 2. The molecular weight excluding hydrogens is 366 g/mol. The van der Waals surface area contributed by atoms with Crippen molar-refractivity contribution in [3.05, 3.63) is 41.1 Å². The van der Waals surface area contributed by atoms with E-state index >= 15 is 0 Å². The quantitative estimate of drug-likeness (QED) is 0.544. The lowest BCUT2D eigenvalue weighted by Crippen LogP contribution is -2.28. The third-order valence-corrected chi connectivity index (χ3v) is 5.92. The van der Waals surface area contributed by atoms with Crippen molar-refractivity contribution in [2.24, 2.45) is 5.92 Å². The monoisotopic (exact) mass is 399 g/mol. The summed E-state index contributed by atoms with van der Waals surface area (Å²) in [5.74, 6) is 0.305. The van der Waals surface area contributed by atoms with Crippen LogP contribution in [0.5, 0.6) is 0 Å². The Morgan fingerprint density at radius 2 is 1.97 bits per heavy atom. The molecule has 0 spiro atoms. The van der Waals surface area contributed by atoms with E-state index in [0.717, 1.165) is 30.0 Å². The van der Waals surface area contributed by atoms with Crippen LogP contribution in [0.25, 0.3) is 0 Å². The van der Waals surface area contributed by atoms with Crippen LogP contribution >= 0.6 is 0 Å². The Hall–Kier alpha value is -2.37. The molecule has 1 unspecified atom stereocenters. The van der Waals surface area contributed by atoms with Crippen molar-refractivity contribution in [3.8, 4) is 0 Å². The molecule has 1 saturated heterocycles. The predicted molar refractivity (Wildman–Crippen MR) is 112 cm³/mol. The Labute approximate surface area is 173 Å². The first-order valence-electron chi connectivity index (χ1n) is 10.9. The van der Waals surface area contributed by atoms with E-state index in [-0.39, 0.29) is 24.2 Å². The first-order chi connectivity index (χ1) is 14.0. The van der Waals surface area contributed by atoms with Crippen molar-refractivity contribution in [1.29, 1.82) is 0 Å². The molecular formula is C23H33N3O3. The second kappa shape index (κ2) is 9.90. The van der Waals surface area contributed by atoms with E-state index in [0.29, 0.717) is 13.1 Å². The standard InChI is InChI=1S/C23H33N3O3/c1-4-5-6-7-8-9-12-21-17(2)24-26(18(21)3)23(28)19-14-22(27)25(15-19)16-20-11-10-13-29-20/h10-11,13,19H,4-9,12,14-16H2,1-3H3. The number of carbonyl (C=O) groups excluding carboxylic acids is 2. The van der Waals surface area contributed by atoms with Crippen LogP contribution in [0.1, 0.15) is 79.4 Å². The number of amides is 1. The number of likely N-dealkylation sites (tertiary alicyclic amines) is 1. The van der Waals surface area contributed by atoms with Crippen LogP contribution in [0.4, 0.5) is 0 Å². The van der Waals surface area contributed by atoms with Crippen LogP contribution in [0.2, 0.25) is 0 Å². The van der Waals surface area contributed by atoms with Crippen LogP contribution in [0, 0.1) is 19.8 Å². The van der Waals surface area contributed by atoms with Crippen molar-refractivity contribution >= 4 is 11.8 Å². The summed E-state index contributed by atoms with van der Waals surface area (Å²) >= 11 is 0. The number of unbranched alkanes of at least 4 members (excludes halogenated alkanes) is 5. The maximum atomic E-state index is 13.1. The van der Waals surface area contributed by atoms with Crippen LogP contribution < -0.4 is 0 Å². The average molecular weight is 400 g/mol. The second-order valence-corrected chi connectivity index (χ2v) is 8.17. The molecule has 3 rings (SSSR count). The van der Waals surface area contributed by atoms with Gasteiger partial charge in [0.15, 0.2) is 0 Å². The summed E-state index contributed by atoms with van der Waals surface area (Å²) in [5.41, 5.74) is 3.05. The van der Waals surface area contributed by atoms with Gasteiger partial charge in [0.1, 0.15) is 5.76 Å². The molecule has 0 saturated carbocycles. The van der Waals surface area contributed by atoms with Gasteiger partial charge in [-0.15, -0.1) is 0 Å². The van der Waals surface area contributed by atoms with Crippen molar-refractivity contribution in [1.82, 2.24) is 14.7 Å². The topological polar surface area (TPSA) is 68.3 Å². The van der Waals surface area contributed by atoms with Gasteiger partial charge in [0.05, 0.1) is 24.4 Å². The molecule has 2 aromatic rings. The fraction of sp³-hybridized carbons (Fsp3) is 0.609. The second-order valence-electron chi connectivity index (χ2n) is 8.17. The Kier molecular flexibility index (Phi) is 7.29. The first-order valence-corrected chi connectivity index (χ1v) is 10.9. The molecule has 2 aromatic heterocycles. The maximum absolute atomic E-state index is 13.1. The van der Waals surface area contributed by atoms with Gasteiger partial charge in [-0.3, -0.25) is 9.59 Å². The molecule has 1 aliphatic rings. The predicted octanol–water partition coefficient (Wildman–Crippen LogP) is 4.68. The summed E-state index contributed by atoms with van der Waals surface area (Å²) in [7, 11) is 0. The Bertz CT molecular complexity index is 823. The minimum absolute atomic E-state index is 0.00594. The molecule has 6 nitrogen and oxygen atoms in total. The van der Waals surface area contributed by atoms with Crippen LogP contribution in [0.15, 0.2) is 22.8 Å². The molecule has 1 amide bonds. The zero-order valence-corrected chi connectivity index (χ0v) is 17.9. The molecule has 29 heavy (non-hydrogen) atoms. The lowest BCUT2D eigenvalue weighted by Gasteiger charge is -2.15. The van der Waals surface area contributed by atoms with E-state index in [1.807, 2.05) is 19.9 Å². The molecule has 0 aliphatic carbocycles.